The van der Waals surface area contributed by atoms with Crippen molar-refractivity contribution in [2.75, 3.05) is 25.5 Å². The summed E-state index contributed by atoms with van der Waals surface area (Å²) in [7, 11) is 0. The van der Waals surface area contributed by atoms with E-state index in [-0.39, 0.29) is 17.7 Å². The van der Waals surface area contributed by atoms with Crippen molar-refractivity contribution in [2.45, 2.75) is 44.3 Å². The molecule has 2 aliphatic rings. The molecule has 0 aliphatic carbocycles. The minimum absolute atomic E-state index is 0.0465. The fourth-order valence-electron chi connectivity index (χ4n) is 4.39. The van der Waals surface area contributed by atoms with Gasteiger partial charge in [-0.3, -0.25) is 4.79 Å². The summed E-state index contributed by atoms with van der Waals surface area (Å²) in [4.78, 5) is 15.2. The number of ether oxygens (including phenoxy) is 2. The van der Waals surface area contributed by atoms with Crippen LogP contribution < -0.4 is 9.47 Å². The fourth-order valence-corrected chi connectivity index (χ4v) is 5.16. The lowest BCUT2D eigenvalue weighted by Crippen LogP contribution is -2.32. The number of tetrazole rings is 1. The zero-order chi connectivity index (χ0) is 22.8. The van der Waals surface area contributed by atoms with Gasteiger partial charge in [0, 0.05) is 13.0 Å². The first-order chi connectivity index (χ1) is 16.1. The zero-order valence-electron chi connectivity index (χ0n) is 18.9. The number of amides is 1. The van der Waals surface area contributed by atoms with Gasteiger partial charge in [-0.15, -0.1) is 5.10 Å². The topological polar surface area (TPSA) is 82.4 Å². The van der Waals surface area contributed by atoms with Gasteiger partial charge >= 0.3 is 0 Å². The Kier molecular flexibility index (Phi) is 6.22. The van der Waals surface area contributed by atoms with E-state index in [0.717, 1.165) is 54.1 Å². The quantitative estimate of drug-likeness (QED) is 0.529. The van der Waals surface area contributed by atoms with Crippen molar-refractivity contribution in [1.82, 2.24) is 25.1 Å². The van der Waals surface area contributed by atoms with E-state index in [1.165, 1.54) is 17.3 Å². The molecule has 2 aliphatic heterocycles. The number of carbonyl (C=O) groups is 1. The first kappa shape index (κ1) is 21.8. The number of carbonyl (C=O) groups excluding carboxylic acids is 1. The summed E-state index contributed by atoms with van der Waals surface area (Å²) in [6, 6.07) is 12.1. The average molecular weight is 466 g/mol. The summed E-state index contributed by atoms with van der Waals surface area (Å²) in [6.07, 6.45) is 2.79. The Bertz CT molecular complexity index is 1160. The highest BCUT2D eigenvalue weighted by Gasteiger charge is 2.31. The van der Waals surface area contributed by atoms with Crippen molar-refractivity contribution < 1.29 is 14.3 Å². The molecular formula is C24H27N5O3S. The molecule has 0 N–H and O–H groups in total. The Morgan fingerprint density at radius 2 is 1.97 bits per heavy atom. The van der Waals surface area contributed by atoms with Crippen molar-refractivity contribution in [3.05, 3.63) is 53.1 Å². The van der Waals surface area contributed by atoms with Crippen molar-refractivity contribution in [3.63, 3.8) is 0 Å². The molecule has 0 radical (unpaired) electrons. The molecule has 8 nitrogen and oxygen atoms in total. The van der Waals surface area contributed by atoms with Crippen LogP contribution in [0.25, 0.3) is 5.69 Å². The van der Waals surface area contributed by atoms with Gasteiger partial charge in [-0.2, -0.15) is 4.68 Å². The van der Waals surface area contributed by atoms with Crippen LogP contribution in [0.2, 0.25) is 0 Å². The van der Waals surface area contributed by atoms with E-state index >= 15 is 0 Å². The summed E-state index contributed by atoms with van der Waals surface area (Å²) in [5.41, 5.74) is 4.31. The lowest BCUT2D eigenvalue weighted by molar-refractivity contribution is -0.129. The summed E-state index contributed by atoms with van der Waals surface area (Å²) in [6.45, 7) is 6.18. The summed E-state index contributed by atoms with van der Waals surface area (Å²) in [5, 5.41) is 12.8. The molecule has 1 atom stereocenters. The van der Waals surface area contributed by atoms with Gasteiger partial charge in [-0.25, -0.2) is 0 Å². The van der Waals surface area contributed by atoms with E-state index in [2.05, 4.69) is 41.5 Å². The zero-order valence-corrected chi connectivity index (χ0v) is 19.7. The molecule has 3 aromatic rings. The molecule has 0 bridgehead atoms. The third-order valence-corrected chi connectivity index (χ3v) is 7.20. The molecule has 0 saturated carbocycles. The smallest absolute Gasteiger partial charge is 0.233 e. The molecule has 1 fully saturated rings. The van der Waals surface area contributed by atoms with Crippen molar-refractivity contribution in [2.24, 2.45) is 0 Å². The monoisotopic (exact) mass is 465 g/mol. The SMILES string of the molecule is Cc1cccc(-n2nnnc2SCC(=O)N2CCC[C@@H]2c2ccc3c(c2)OCCCO3)c1C. The van der Waals surface area contributed by atoms with Gasteiger partial charge in [0.05, 0.1) is 30.7 Å². The van der Waals surface area contributed by atoms with E-state index in [4.69, 9.17) is 9.47 Å². The molecule has 1 aromatic heterocycles. The number of hydrogen-bond acceptors (Lipinski definition) is 7. The second kappa shape index (κ2) is 9.43. The Hall–Kier alpha value is -3.07. The maximum absolute atomic E-state index is 13.2. The van der Waals surface area contributed by atoms with E-state index in [1.54, 1.807) is 4.68 Å². The van der Waals surface area contributed by atoms with E-state index in [0.29, 0.717) is 18.4 Å². The Morgan fingerprint density at radius 3 is 2.85 bits per heavy atom. The van der Waals surface area contributed by atoms with Gasteiger partial charge in [0.2, 0.25) is 11.1 Å². The second-order valence-electron chi connectivity index (χ2n) is 8.38. The molecule has 0 unspecified atom stereocenters. The first-order valence-corrected chi connectivity index (χ1v) is 12.3. The lowest BCUT2D eigenvalue weighted by Gasteiger charge is -2.25. The number of aryl methyl sites for hydroxylation is 1. The van der Waals surface area contributed by atoms with Crippen LogP contribution in [0.4, 0.5) is 0 Å². The van der Waals surface area contributed by atoms with Crippen molar-refractivity contribution in [1.29, 1.82) is 0 Å². The normalized spacial score (nSPS) is 17.8. The largest absolute Gasteiger partial charge is 0.490 e. The molecule has 172 valence electrons. The predicted octanol–water partition coefficient (Wildman–Crippen LogP) is 3.90. The standard InChI is InChI=1S/C24H27N5O3S/c1-16-6-3-7-19(17(16)2)29-24(25-26-27-29)33-15-23(30)28-11-4-8-20(28)18-9-10-21-22(14-18)32-13-5-12-31-21/h3,6-7,9-10,14,20H,4-5,8,11-13,15H2,1-2H3/t20-/m1/s1. The molecule has 1 amide bonds. The van der Waals surface area contributed by atoms with Crippen LogP contribution in [0.3, 0.4) is 0 Å². The van der Waals surface area contributed by atoms with Crippen LogP contribution in [0.1, 0.15) is 42.0 Å². The molecule has 3 heterocycles. The van der Waals surface area contributed by atoms with E-state index < -0.39 is 0 Å². The first-order valence-electron chi connectivity index (χ1n) is 11.3. The van der Waals surface area contributed by atoms with E-state index in [9.17, 15) is 4.79 Å². The third-order valence-electron chi connectivity index (χ3n) is 6.30. The molecule has 2 aromatic carbocycles. The number of rotatable bonds is 5. The van der Waals surface area contributed by atoms with Crippen LogP contribution in [0.15, 0.2) is 41.6 Å². The van der Waals surface area contributed by atoms with Gasteiger partial charge < -0.3 is 14.4 Å². The second-order valence-corrected chi connectivity index (χ2v) is 9.33. The maximum atomic E-state index is 13.2. The summed E-state index contributed by atoms with van der Waals surface area (Å²) in [5.74, 6) is 1.92. The lowest BCUT2D eigenvalue weighted by atomic mass is 10.0. The van der Waals surface area contributed by atoms with Crippen LogP contribution in [-0.4, -0.2) is 56.5 Å². The van der Waals surface area contributed by atoms with Crippen LogP contribution in [-0.2, 0) is 4.79 Å². The molecule has 1 saturated heterocycles. The van der Waals surface area contributed by atoms with Gasteiger partial charge in [-0.05, 0) is 72.0 Å². The van der Waals surface area contributed by atoms with Crippen LogP contribution >= 0.6 is 11.8 Å². The summed E-state index contributed by atoms with van der Waals surface area (Å²) >= 11 is 1.37. The van der Waals surface area contributed by atoms with Crippen LogP contribution in [0.5, 0.6) is 11.5 Å². The Balaban J connectivity index is 1.30. The predicted molar refractivity (Wildman–Crippen MR) is 125 cm³/mol. The van der Waals surface area contributed by atoms with Gasteiger partial charge in [-0.1, -0.05) is 30.0 Å². The van der Waals surface area contributed by atoms with E-state index in [1.807, 2.05) is 29.2 Å². The number of aromatic nitrogens is 4. The Morgan fingerprint density at radius 1 is 1.12 bits per heavy atom. The van der Waals surface area contributed by atoms with Crippen molar-refractivity contribution in [3.8, 4) is 17.2 Å². The number of nitrogens with zero attached hydrogens (tertiary/aromatic N) is 5. The molecule has 9 heteroatoms. The molecular weight excluding hydrogens is 438 g/mol. The minimum Gasteiger partial charge on any atom is -0.490 e. The molecule has 5 rings (SSSR count). The number of thioether (sulfide) groups is 1. The highest BCUT2D eigenvalue weighted by atomic mass is 32.2. The average Bonchev–Trinajstić information content (AvgIpc) is 3.44. The highest BCUT2D eigenvalue weighted by molar-refractivity contribution is 7.99. The summed E-state index contributed by atoms with van der Waals surface area (Å²) < 4.78 is 13.3. The highest BCUT2D eigenvalue weighted by Crippen LogP contribution is 2.38. The fraction of sp³-hybridized carbons (Fsp3) is 0.417. The number of benzene rings is 2. The number of fused-ring (bicyclic) bond motifs is 1. The number of hydrogen-bond donors (Lipinski definition) is 0. The maximum Gasteiger partial charge on any atom is 0.233 e. The van der Waals surface area contributed by atoms with Crippen LogP contribution in [0, 0.1) is 13.8 Å². The third kappa shape index (κ3) is 4.42. The Labute approximate surface area is 197 Å². The van der Waals surface area contributed by atoms with Gasteiger partial charge in [0.25, 0.3) is 0 Å². The van der Waals surface area contributed by atoms with Gasteiger partial charge in [0.15, 0.2) is 11.5 Å². The van der Waals surface area contributed by atoms with Gasteiger partial charge in [0.1, 0.15) is 0 Å². The minimum atomic E-state index is 0.0465. The molecule has 0 spiro atoms. The van der Waals surface area contributed by atoms with Crippen molar-refractivity contribution >= 4 is 17.7 Å². The molecule has 33 heavy (non-hydrogen) atoms. The number of likely N-dealkylation sites (tertiary alicyclic amines) is 1.